The summed E-state index contributed by atoms with van der Waals surface area (Å²) in [5.74, 6) is -7.66. The third kappa shape index (κ3) is 3.93. The number of rotatable bonds is 5. The van der Waals surface area contributed by atoms with Crippen molar-refractivity contribution in [2.45, 2.75) is 43.9 Å². The number of fused-ring (bicyclic) bond motifs is 3. The molecule has 3 aliphatic rings. The largest absolute Gasteiger partial charge is 0.508 e. The number of phenols is 1. The number of nitrogens with two attached hydrogens (primary N) is 1. The van der Waals surface area contributed by atoms with Crippen molar-refractivity contribution in [3.8, 4) is 5.75 Å². The van der Waals surface area contributed by atoms with Crippen LogP contribution in [0.25, 0.3) is 5.76 Å². The van der Waals surface area contributed by atoms with Crippen LogP contribution in [0.3, 0.4) is 0 Å². The van der Waals surface area contributed by atoms with Crippen LogP contribution >= 0.6 is 0 Å². The number of aromatic hydroxyl groups is 1. The van der Waals surface area contributed by atoms with Crippen molar-refractivity contribution in [2.75, 3.05) is 33.5 Å². The summed E-state index contributed by atoms with van der Waals surface area (Å²) in [6, 6.07) is 1.97. The Morgan fingerprint density at radius 3 is 2.26 bits per heavy atom. The van der Waals surface area contributed by atoms with Crippen LogP contribution in [0.2, 0.25) is 0 Å². The first kappa shape index (κ1) is 28.3. The van der Waals surface area contributed by atoms with Crippen LogP contribution in [0.4, 0.5) is 5.69 Å². The average molecular weight is 543 g/mol. The number of primary amides is 1. The van der Waals surface area contributed by atoms with Crippen molar-refractivity contribution >= 4 is 34.8 Å². The van der Waals surface area contributed by atoms with Gasteiger partial charge in [-0.25, -0.2) is 0 Å². The maximum atomic E-state index is 13.9. The van der Waals surface area contributed by atoms with E-state index in [1.165, 1.54) is 11.0 Å². The second-order valence-corrected chi connectivity index (χ2v) is 11.4. The van der Waals surface area contributed by atoms with Crippen molar-refractivity contribution in [3.63, 3.8) is 0 Å². The number of amides is 2. The molecule has 1 saturated carbocycles. The SMILES string of the molecule is CN(C)[C@@H]1C(=O)C(C(N)=O)=C(O)[C@@]2(O)C(=O)C3=C(O)c4c(ccc(NC(=O)C(C)(C)N(C)C)c4O)CC3CC12. The van der Waals surface area contributed by atoms with Crippen LogP contribution in [0.15, 0.2) is 29.0 Å². The standard InChI is InChI=1S/C27H34N4O8/c1-26(2,31(5)6)25(38)29-14-8-7-11-9-12-10-13-18(30(3)4)21(34)17(24(28)37)23(36)27(13,39)22(35)16(12)20(33)15(11)19(14)32/h7-8,12-13,18,32-33,36,39H,9-10H2,1-6H3,(H2,28,37)(H,29,38)/t12?,13?,18-,27-/m0/s1. The van der Waals surface area contributed by atoms with Crippen molar-refractivity contribution < 1.29 is 39.6 Å². The number of carbonyl (C=O) groups is 4. The van der Waals surface area contributed by atoms with Gasteiger partial charge in [0.25, 0.3) is 5.91 Å². The number of anilines is 1. The van der Waals surface area contributed by atoms with Gasteiger partial charge in [-0.2, -0.15) is 0 Å². The molecular formula is C27H34N4O8. The van der Waals surface area contributed by atoms with Crippen LogP contribution in [0.5, 0.6) is 5.75 Å². The Hall–Kier alpha value is -3.74. The fourth-order valence-electron chi connectivity index (χ4n) is 5.80. The lowest BCUT2D eigenvalue weighted by atomic mass is 9.57. The molecule has 1 aromatic carbocycles. The van der Waals surface area contributed by atoms with Crippen molar-refractivity contribution in [1.82, 2.24) is 9.80 Å². The summed E-state index contributed by atoms with van der Waals surface area (Å²) in [4.78, 5) is 55.1. The number of phenolic OH excluding ortho intramolecular Hbond substituents is 1. The van der Waals surface area contributed by atoms with E-state index in [2.05, 4.69) is 5.32 Å². The molecule has 12 heteroatoms. The first-order valence-electron chi connectivity index (χ1n) is 12.5. The molecule has 0 spiro atoms. The predicted octanol–water partition coefficient (Wildman–Crippen LogP) is 0.243. The minimum atomic E-state index is -2.71. The molecule has 3 aliphatic carbocycles. The highest BCUT2D eigenvalue weighted by Crippen LogP contribution is 2.53. The molecule has 0 aliphatic heterocycles. The Labute approximate surface area is 225 Å². The lowest BCUT2D eigenvalue weighted by Crippen LogP contribution is -2.65. The normalized spacial score (nSPS) is 26.9. The summed E-state index contributed by atoms with van der Waals surface area (Å²) in [5, 5.41) is 47.6. The summed E-state index contributed by atoms with van der Waals surface area (Å²) in [6.07, 6.45) is 0.168. The van der Waals surface area contributed by atoms with Crippen molar-refractivity contribution in [1.29, 1.82) is 0 Å². The van der Waals surface area contributed by atoms with Crippen LogP contribution in [-0.4, -0.2) is 99.0 Å². The molecule has 7 N–H and O–H groups in total. The second kappa shape index (κ2) is 9.18. The monoisotopic (exact) mass is 542 g/mol. The van der Waals surface area contributed by atoms with Gasteiger partial charge in [0.1, 0.15) is 22.8 Å². The number of hydrogen-bond acceptors (Lipinski definition) is 10. The smallest absolute Gasteiger partial charge is 0.255 e. The third-order valence-corrected chi connectivity index (χ3v) is 8.52. The molecule has 4 rings (SSSR count). The van der Waals surface area contributed by atoms with Crippen LogP contribution < -0.4 is 11.1 Å². The van der Waals surface area contributed by atoms with Gasteiger partial charge in [0.15, 0.2) is 11.4 Å². The number of ketones is 2. The highest BCUT2D eigenvalue weighted by molar-refractivity contribution is 6.24. The number of Topliss-reactive ketones (excluding diaryl/α,β-unsaturated/α-hetero) is 2. The third-order valence-electron chi connectivity index (χ3n) is 8.52. The maximum Gasteiger partial charge on any atom is 0.255 e. The molecule has 2 amide bonds. The summed E-state index contributed by atoms with van der Waals surface area (Å²) in [5.41, 5.74) is 0.975. The van der Waals surface area contributed by atoms with E-state index < -0.39 is 75.2 Å². The molecule has 1 aromatic rings. The van der Waals surface area contributed by atoms with E-state index >= 15 is 0 Å². The fraction of sp³-hybridized carbons (Fsp3) is 0.481. The molecular weight excluding hydrogens is 508 g/mol. The van der Waals surface area contributed by atoms with Crippen LogP contribution in [0.1, 0.15) is 31.4 Å². The molecule has 210 valence electrons. The number of carbonyl (C=O) groups excluding carboxylic acids is 4. The van der Waals surface area contributed by atoms with E-state index in [9.17, 15) is 39.6 Å². The Balaban J connectivity index is 1.86. The Bertz CT molecular complexity index is 1380. The Kier molecular flexibility index (Phi) is 6.65. The van der Waals surface area contributed by atoms with Crippen LogP contribution in [0, 0.1) is 11.8 Å². The van der Waals surface area contributed by atoms with E-state index in [0.717, 1.165) is 0 Å². The van der Waals surface area contributed by atoms with E-state index in [-0.39, 0.29) is 29.7 Å². The number of nitrogens with one attached hydrogen (secondary N) is 1. The molecule has 4 atom stereocenters. The zero-order valence-corrected chi connectivity index (χ0v) is 22.7. The minimum Gasteiger partial charge on any atom is -0.508 e. The molecule has 0 aromatic heterocycles. The van der Waals surface area contributed by atoms with Gasteiger partial charge in [-0.3, -0.25) is 29.0 Å². The first-order valence-corrected chi connectivity index (χ1v) is 12.5. The van der Waals surface area contributed by atoms with E-state index in [0.29, 0.717) is 5.56 Å². The summed E-state index contributed by atoms with van der Waals surface area (Å²) >= 11 is 0. The van der Waals surface area contributed by atoms with Gasteiger partial charge in [-0.15, -0.1) is 0 Å². The topological polar surface area (TPSA) is 194 Å². The summed E-state index contributed by atoms with van der Waals surface area (Å²) in [6.45, 7) is 3.38. The lowest BCUT2D eigenvalue weighted by Gasteiger charge is -2.50. The van der Waals surface area contributed by atoms with Crippen molar-refractivity contribution in [2.24, 2.45) is 17.6 Å². The quantitative estimate of drug-likeness (QED) is 0.222. The molecule has 12 nitrogen and oxygen atoms in total. The zero-order valence-electron chi connectivity index (χ0n) is 22.7. The molecule has 1 fully saturated rings. The van der Waals surface area contributed by atoms with Crippen LogP contribution in [-0.2, 0) is 25.6 Å². The van der Waals surface area contributed by atoms with Gasteiger partial charge in [-0.05, 0) is 72.4 Å². The predicted molar refractivity (Wildman–Crippen MR) is 141 cm³/mol. The van der Waals surface area contributed by atoms with Gasteiger partial charge in [0.2, 0.25) is 11.7 Å². The summed E-state index contributed by atoms with van der Waals surface area (Å²) in [7, 11) is 6.53. The van der Waals surface area contributed by atoms with E-state index in [4.69, 9.17) is 5.73 Å². The number of aliphatic hydroxyl groups is 3. The molecule has 0 heterocycles. The van der Waals surface area contributed by atoms with Gasteiger partial charge in [-0.1, -0.05) is 6.07 Å². The Morgan fingerprint density at radius 2 is 1.72 bits per heavy atom. The molecule has 0 radical (unpaired) electrons. The van der Waals surface area contributed by atoms with Crippen molar-refractivity contribution in [3.05, 3.63) is 40.2 Å². The molecule has 39 heavy (non-hydrogen) atoms. The van der Waals surface area contributed by atoms with Gasteiger partial charge in [0.05, 0.1) is 22.8 Å². The highest BCUT2D eigenvalue weighted by atomic mass is 16.3. The number of benzene rings is 1. The molecule has 0 saturated heterocycles. The number of likely N-dealkylation sites (N-methyl/N-ethyl adjacent to an activating group) is 2. The van der Waals surface area contributed by atoms with E-state index in [1.807, 2.05) is 0 Å². The lowest BCUT2D eigenvalue weighted by molar-refractivity contribution is -0.153. The fourth-order valence-corrected chi connectivity index (χ4v) is 5.80. The van der Waals surface area contributed by atoms with Gasteiger partial charge >= 0.3 is 0 Å². The first-order chi connectivity index (χ1) is 18.0. The average Bonchev–Trinajstić information content (AvgIpc) is 2.82. The number of nitrogens with zero attached hydrogens (tertiary/aromatic N) is 2. The Morgan fingerprint density at radius 1 is 1.10 bits per heavy atom. The molecule has 2 unspecified atom stereocenters. The number of hydrogen-bond donors (Lipinski definition) is 6. The summed E-state index contributed by atoms with van der Waals surface area (Å²) < 4.78 is 0. The maximum absolute atomic E-state index is 13.9. The molecule has 0 bridgehead atoms. The van der Waals surface area contributed by atoms with Gasteiger partial charge in [0, 0.05) is 11.5 Å². The van der Waals surface area contributed by atoms with E-state index in [1.54, 1.807) is 53.0 Å². The minimum absolute atomic E-state index is 0.00202. The second-order valence-electron chi connectivity index (χ2n) is 11.4. The van der Waals surface area contributed by atoms with Gasteiger partial charge < -0.3 is 31.5 Å². The highest BCUT2D eigenvalue weighted by Gasteiger charge is 2.64. The number of aliphatic hydroxyl groups excluding tert-OH is 2. The zero-order chi connectivity index (χ0) is 29.4.